The van der Waals surface area contributed by atoms with E-state index >= 15 is 0 Å². The molecule has 0 radical (unpaired) electrons. The van der Waals surface area contributed by atoms with Gasteiger partial charge in [-0.2, -0.15) is 0 Å². The number of carbonyl (C=O) groups excluding carboxylic acids is 2. The quantitative estimate of drug-likeness (QED) is 0.595. The zero-order chi connectivity index (χ0) is 19.3. The summed E-state index contributed by atoms with van der Waals surface area (Å²) in [6, 6.07) is -1.01. The fourth-order valence-electron chi connectivity index (χ4n) is 3.87. The number of hydrazone groups is 1. The van der Waals surface area contributed by atoms with Crippen LogP contribution in [-0.2, 0) is 9.53 Å². The molecule has 4 heterocycles. The summed E-state index contributed by atoms with van der Waals surface area (Å²) in [5.74, 6) is 0.873. The third kappa shape index (κ3) is 2.83. The number of amides is 3. The van der Waals surface area contributed by atoms with Crippen LogP contribution in [-0.4, -0.2) is 119 Å². The first-order valence-corrected chi connectivity index (χ1v) is 9.32. The van der Waals surface area contributed by atoms with E-state index in [4.69, 9.17) is 9.84 Å². The number of hydrogen-bond acceptors (Lipinski definition) is 7. The predicted molar refractivity (Wildman–Crippen MR) is 99.0 cm³/mol. The molecule has 0 N–H and O–H groups in total. The van der Waals surface area contributed by atoms with E-state index in [-0.39, 0.29) is 18.0 Å². The summed E-state index contributed by atoms with van der Waals surface area (Å²) in [6.45, 7) is 8.80. The first-order valence-electron chi connectivity index (χ1n) is 9.32. The monoisotopic (exact) mass is 376 g/mol. The number of hydrogen-bond donors (Lipinski definition) is 0. The molecule has 27 heavy (non-hydrogen) atoms. The molecule has 4 aliphatic rings. The van der Waals surface area contributed by atoms with Crippen molar-refractivity contribution in [2.24, 2.45) is 10.1 Å². The number of amidine groups is 1. The molecule has 0 saturated carbocycles. The maximum Gasteiger partial charge on any atom is 0.416 e. The Bertz CT molecular complexity index is 768. The lowest BCUT2D eigenvalue weighted by molar-refractivity contribution is -0.559. The first-order chi connectivity index (χ1) is 12.9. The second-order valence-corrected chi connectivity index (χ2v) is 7.31. The zero-order valence-corrected chi connectivity index (χ0v) is 16.3. The number of rotatable bonds is 3. The largest absolute Gasteiger partial charge is 0.416 e. The average Bonchev–Trinajstić information content (AvgIpc) is 3.08. The molecule has 2 fully saturated rings. The number of morpholine rings is 1. The van der Waals surface area contributed by atoms with Crippen LogP contribution in [0.4, 0.5) is 4.79 Å². The normalized spacial score (nSPS) is 29.1. The van der Waals surface area contributed by atoms with Crippen LogP contribution in [0, 0.1) is 0 Å². The van der Waals surface area contributed by atoms with Gasteiger partial charge >= 0.3 is 12.0 Å². The molecule has 2 atom stereocenters. The Morgan fingerprint density at radius 2 is 1.85 bits per heavy atom. The van der Waals surface area contributed by atoms with Crippen LogP contribution in [0.1, 0.15) is 13.8 Å². The maximum absolute atomic E-state index is 12.8. The summed E-state index contributed by atoms with van der Waals surface area (Å²) in [4.78, 5) is 34.8. The van der Waals surface area contributed by atoms with E-state index in [0.29, 0.717) is 18.3 Å². The van der Waals surface area contributed by atoms with Gasteiger partial charge in [0.05, 0.1) is 18.9 Å². The summed E-state index contributed by atoms with van der Waals surface area (Å²) in [5, 5.41) is 6.58. The molecule has 0 aliphatic carbocycles. The number of likely N-dealkylation sites (N-methyl/N-ethyl adjacent to an activating group) is 2. The minimum absolute atomic E-state index is 0.0650. The van der Waals surface area contributed by atoms with E-state index in [1.807, 2.05) is 23.4 Å². The van der Waals surface area contributed by atoms with Crippen molar-refractivity contribution in [3.8, 4) is 0 Å². The van der Waals surface area contributed by atoms with Crippen LogP contribution in [0.5, 0.6) is 0 Å². The van der Waals surface area contributed by atoms with Crippen molar-refractivity contribution >= 4 is 29.4 Å². The smallest absolute Gasteiger partial charge is 0.379 e. The number of urea groups is 1. The molecule has 0 aromatic carbocycles. The van der Waals surface area contributed by atoms with Gasteiger partial charge in [0.1, 0.15) is 12.6 Å². The molecule has 2 saturated heterocycles. The van der Waals surface area contributed by atoms with Crippen molar-refractivity contribution in [1.82, 2.24) is 19.7 Å². The second kappa shape index (κ2) is 6.68. The molecule has 0 bridgehead atoms. The highest BCUT2D eigenvalue weighted by molar-refractivity contribution is 6.23. The summed E-state index contributed by atoms with van der Waals surface area (Å²) in [5.41, 5.74) is 0.923. The van der Waals surface area contributed by atoms with E-state index in [1.165, 1.54) is 16.8 Å². The van der Waals surface area contributed by atoms with E-state index in [0.717, 1.165) is 38.6 Å². The third-order valence-electron chi connectivity index (χ3n) is 5.71. The predicted octanol–water partition coefficient (Wildman–Crippen LogP) is -0.928. The van der Waals surface area contributed by atoms with Gasteiger partial charge in [0.15, 0.2) is 0 Å². The lowest BCUT2D eigenvalue weighted by atomic mass is 10.1. The molecule has 0 spiro atoms. The van der Waals surface area contributed by atoms with Gasteiger partial charge < -0.3 is 4.74 Å². The van der Waals surface area contributed by atoms with Crippen LogP contribution in [0.25, 0.3) is 0 Å². The fourth-order valence-corrected chi connectivity index (χ4v) is 3.87. The molecule has 146 valence electrons. The van der Waals surface area contributed by atoms with Gasteiger partial charge in [0.25, 0.3) is 5.91 Å². The number of imide groups is 1. The van der Waals surface area contributed by atoms with Gasteiger partial charge in [-0.3, -0.25) is 19.5 Å². The number of carbonyl (C=O) groups is 2. The molecule has 4 aliphatic heterocycles. The highest BCUT2D eigenvalue weighted by atomic mass is 16.5. The second-order valence-electron chi connectivity index (χ2n) is 7.31. The van der Waals surface area contributed by atoms with Crippen LogP contribution in [0.15, 0.2) is 10.1 Å². The molecule has 10 nitrogen and oxygen atoms in total. The lowest BCUT2D eigenvalue weighted by Gasteiger charge is -2.34. The van der Waals surface area contributed by atoms with Crippen LogP contribution < -0.4 is 0 Å². The zero-order valence-electron chi connectivity index (χ0n) is 16.3. The summed E-state index contributed by atoms with van der Waals surface area (Å²) < 4.78 is 7.39. The van der Waals surface area contributed by atoms with Crippen molar-refractivity contribution in [3.05, 3.63) is 0 Å². The number of fused-ring (bicyclic) bond motifs is 2. The van der Waals surface area contributed by atoms with Crippen LogP contribution >= 0.6 is 0 Å². The van der Waals surface area contributed by atoms with Crippen molar-refractivity contribution < 1.29 is 18.9 Å². The average molecular weight is 376 g/mol. The SMILES string of the molecule is CC1=NN(CCN2CCOCC2)C2=[N+](C1C)C1C(=O)N(C)C(=O)N(C)C1=N2. The Balaban J connectivity index is 1.62. The van der Waals surface area contributed by atoms with Gasteiger partial charge in [-0.1, -0.05) is 4.99 Å². The van der Waals surface area contributed by atoms with Gasteiger partial charge in [-0.15, -0.1) is 10.1 Å². The molecule has 4 rings (SSSR count). The Hall–Kier alpha value is -2.33. The fraction of sp³-hybridized carbons (Fsp3) is 0.706. The number of nitrogens with zero attached hydrogens (tertiary/aromatic N) is 7. The Morgan fingerprint density at radius 1 is 1.15 bits per heavy atom. The number of aliphatic imine (C=N–C) groups is 1. The molecular formula is C17H26N7O3+. The lowest BCUT2D eigenvalue weighted by Crippen LogP contribution is -2.63. The van der Waals surface area contributed by atoms with Crippen molar-refractivity contribution in [2.75, 3.05) is 53.5 Å². The van der Waals surface area contributed by atoms with Crippen LogP contribution in [0.3, 0.4) is 0 Å². The Kier molecular flexibility index (Phi) is 4.47. The van der Waals surface area contributed by atoms with Gasteiger partial charge in [-0.05, 0) is 13.8 Å². The highest BCUT2D eigenvalue weighted by Crippen LogP contribution is 2.24. The summed E-state index contributed by atoms with van der Waals surface area (Å²) in [7, 11) is 3.17. The van der Waals surface area contributed by atoms with E-state index in [2.05, 4.69) is 9.89 Å². The van der Waals surface area contributed by atoms with E-state index in [9.17, 15) is 9.59 Å². The highest BCUT2D eigenvalue weighted by Gasteiger charge is 2.55. The van der Waals surface area contributed by atoms with E-state index < -0.39 is 6.04 Å². The molecule has 3 amide bonds. The Morgan fingerprint density at radius 3 is 2.56 bits per heavy atom. The van der Waals surface area contributed by atoms with Crippen molar-refractivity contribution in [1.29, 1.82) is 0 Å². The molecular weight excluding hydrogens is 350 g/mol. The van der Waals surface area contributed by atoms with Gasteiger partial charge in [0, 0.05) is 33.7 Å². The van der Waals surface area contributed by atoms with Gasteiger partial charge in [0.2, 0.25) is 11.9 Å². The third-order valence-corrected chi connectivity index (χ3v) is 5.71. The Labute approximate surface area is 158 Å². The van der Waals surface area contributed by atoms with Crippen molar-refractivity contribution in [3.63, 3.8) is 0 Å². The maximum atomic E-state index is 12.8. The number of ether oxygens (including phenoxy) is 1. The summed E-state index contributed by atoms with van der Waals surface area (Å²) in [6.07, 6.45) is 0. The molecule has 0 aromatic rings. The minimum atomic E-state index is -0.584. The summed E-state index contributed by atoms with van der Waals surface area (Å²) >= 11 is 0. The van der Waals surface area contributed by atoms with E-state index in [1.54, 1.807) is 7.05 Å². The van der Waals surface area contributed by atoms with Gasteiger partial charge in [-0.25, -0.2) is 9.37 Å². The van der Waals surface area contributed by atoms with Crippen molar-refractivity contribution in [2.45, 2.75) is 25.9 Å². The molecule has 0 aromatic heterocycles. The molecule has 2 unspecified atom stereocenters. The first kappa shape index (κ1) is 18.1. The topological polar surface area (TPSA) is 84.1 Å². The molecule has 10 heteroatoms. The number of guanidine groups is 1. The standard InChI is InChI=1S/C17H26N7O3/c1-11-12(2)24-13-14(20(3)17(26)21(4)15(13)25)18-16(24)23(19-11)6-5-22-7-9-27-10-8-22/h12-13H,5-10H2,1-4H3/q+1. The van der Waals surface area contributed by atoms with Crippen LogP contribution in [0.2, 0.25) is 0 Å². The minimum Gasteiger partial charge on any atom is -0.379 e.